The number of nitrogens with one attached hydrogen (secondary N) is 2. The van der Waals surface area contributed by atoms with Gasteiger partial charge in [-0.15, -0.1) is 0 Å². The highest BCUT2D eigenvalue weighted by Gasteiger charge is 2.15. The van der Waals surface area contributed by atoms with Gasteiger partial charge >= 0.3 is 0 Å². The highest BCUT2D eigenvalue weighted by Crippen LogP contribution is 2.33. The van der Waals surface area contributed by atoms with Gasteiger partial charge in [0.2, 0.25) is 11.9 Å². The summed E-state index contributed by atoms with van der Waals surface area (Å²) in [6, 6.07) is 11.7. The van der Waals surface area contributed by atoms with Crippen LogP contribution in [-0.4, -0.2) is 64.6 Å². The number of rotatable bonds is 9. The third kappa shape index (κ3) is 5.47. The molecule has 9 nitrogen and oxygen atoms in total. The van der Waals surface area contributed by atoms with E-state index in [0.717, 1.165) is 41.1 Å². The number of hydrogen-bond donors (Lipinski definition) is 2. The van der Waals surface area contributed by atoms with Crippen molar-refractivity contribution in [2.75, 3.05) is 49.8 Å². The number of carbonyl (C=O) groups is 1. The van der Waals surface area contributed by atoms with E-state index in [1.54, 1.807) is 12.4 Å². The quantitative estimate of drug-likeness (QED) is 0.358. The number of amides is 1. The minimum Gasteiger partial charge on any atom is -0.372 e. The zero-order valence-corrected chi connectivity index (χ0v) is 20.5. The molecule has 0 aliphatic carbocycles. The molecule has 1 amide bonds. The molecular formula is C26H30N8O. The van der Waals surface area contributed by atoms with Crippen LogP contribution in [0.3, 0.4) is 0 Å². The fraction of sp³-hybridized carbons (Fsp3) is 0.231. The van der Waals surface area contributed by atoms with Crippen LogP contribution in [0.2, 0.25) is 0 Å². The topological polar surface area (TPSA) is 91.2 Å². The molecule has 0 aliphatic heterocycles. The summed E-state index contributed by atoms with van der Waals surface area (Å²) in [5, 5.41) is 7.28. The molecule has 0 unspecified atom stereocenters. The summed E-state index contributed by atoms with van der Waals surface area (Å²) in [4.78, 5) is 30.0. The van der Waals surface area contributed by atoms with Crippen molar-refractivity contribution in [3.8, 4) is 5.82 Å². The smallest absolute Gasteiger partial charge is 0.247 e. The van der Waals surface area contributed by atoms with E-state index in [9.17, 15) is 4.79 Å². The number of hydrogen-bond acceptors (Lipinski definition) is 7. The van der Waals surface area contributed by atoms with E-state index >= 15 is 0 Å². The number of carbonyl (C=O) groups excluding carboxylic acids is 1. The van der Waals surface area contributed by atoms with Crippen molar-refractivity contribution >= 4 is 40.0 Å². The van der Waals surface area contributed by atoms with Crippen LogP contribution in [0.5, 0.6) is 0 Å². The van der Waals surface area contributed by atoms with Gasteiger partial charge in [-0.25, -0.2) is 9.97 Å². The van der Waals surface area contributed by atoms with Gasteiger partial charge in [0.25, 0.3) is 0 Å². The number of pyridine rings is 1. The molecule has 4 aromatic rings. The Hall–Kier alpha value is -4.24. The number of anilines is 4. The minimum absolute atomic E-state index is 0.271. The predicted octanol–water partition coefficient (Wildman–Crippen LogP) is 3.99. The van der Waals surface area contributed by atoms with Crippen molar-refractivity contribution in [2.45, 2.75) is 6.92 Å². The van der Waals surface area contributed by atoms with Crippen molar-refractivity contribution in [3.63, 3.8) is 0 Å². The Balaban J connectivity index is 1.66. The minimum atomic E-state index is -0.271. The van der Waals surface area contributed by atoms with E-state index in [1.807, 2.05) is 75.2 Å². The average Bonchev–Trinajstić information content (AvgIpc) is 3.28. The lowest BCUT2D eigenvalue weighted by molar-refractivity contribution is -0.111. The SMILES string of the molecule is C=CC(=O)Nc1cc(Nc2nccc(-n3ccc4cccnc43)n2)c(C)cc1N(C)CCN(C)C. The fourth-order valence-corrected chi connectivity index (χ4v) is 3.71. The van der Waals surface area contributed by atoms with Gasteiger partial charge in [0.1, 0.15) is 11.5 Å². The summed E-state index contributed by atoms with van der Waals surface area (Å²) >= 11 is 0. The summed E-state index contributed by atoms with van der Waals surface area (Å²) in [6.07, 6.45) is 6.67. The molecule has 0 aliphatic rings. The van der Waals surface area contributed by atoms with E-state index < -0.39 is 0 Å². The van der Waals surface area contributed by atoms with E-state index in [4.69, 9.17) is 4.98 Å². The summed E-state index contributed by atoms with van der Waals surface area (Å²) < 4.78 is 1.92. The zero-order valence-electron chi connectivity index (χ0n) is 20.5. The molecule has 0 atom stereocenters. The first-order valence-electron chi connectivity index (χ1n) is 11.3. The lowest BCUT2D eigenvalue weighted by Crippen LogP contribution is -2.29. The van der Waals surface area contributed by atoms with Crippen LogP contribution in [0.25, 0.3) is 16.9 Å². The molecule has 0 spiro atoms. The summed E-state index contributed by atoms with van der Waals surface area (Å²) in [6.45, 7) is 7.28. The second-order valence-corrected chi connectivity index (χ2v) is 8.57. The first-order valence-corrected chi connectivity index (χ1v) is 11.3. The molecule has 180 valence electrons. The van der Waals surface area contributed by atoms with Gasteiger partial charge in [0, 0.05) is 49.8 Å². The lowest BCUT2D eigenvalue weighted by Gasteiger charge is -2.25. The van der Waals surface area contributed by atoms with E-state index in [0.29, 0.717) is 17.5 Å². The first-order chi connectivity index (χ1) is 16.9. The molecule has 3 heterocycles. The van der Waals surface area contributed by atoms with Gasteiger partial charge in [-0.1, -0.05) is 6.58 Å². The third-order valence-electron chi connectivity index (χ3n) is 5.66. The highest BCUT2D eigenvalue weighted by molar-refractivity contribution is 6.02. The van der Waals surface area contributed by atoms with Crippen LogP contribution in [0, 0.1) is 6.92 Å². The predicted molar refractivity (Wildman–Crippen MR) is 142 cm³/mol. The molecule has 0 radical (unpaired) electrons. The molecule has 0 saturated heterocycles. The second-order valence-electron chi connectivity index (χ2n) is 8.57. The summed E-state index contributed by atoms with van der Waals surface area (Å²) in [5.74, 6) is 0.875. The third-order valence-corrected chi connectivity index (χ3v) is 5.66. The Labute approximate surface area is 205 Å². The molecule has 0 saturated carbocycles. The van der Waals surface area contributed by atoms with Crippen LogP contribution in [0.15, 0.2) is 67.6 Å². The Morgan fingerprint density at radius 2 is 1.91 bits per heavy atom. The maximum absolute atomic E-state index is 12.2. The molecule has 3 aromatic heterocycles. The van der Waals surface area contributed by atoms with Crippen molar-refractivity contribution in [3.05, 3.63) is 73.2 Å². The van der Waals surface area contributed by atoms with Crippen LogP contribution in [-0.2, 0) is 4.79 Å². The molecule has 2 N–H and O–H groups in total. The number of fused-ring (bicyclic) bond motifs is 1. The number of benzene rings is 1. The summed E-state index contributed by atoms with van der Waals surface area (Å²) in [7, 11) is 6.08. The monoisotopic (exact) mass is 470 g/mol. The molecule has 1 aromatic carbocycles. The van der Waals surface area contributed by atoms with E-state index in [-0.39, 0.29) is 5.91 Å². The Bertz CT molecular complexity index is 1360. The average molecular weight is 471 g/mol. The molecular weight excluding hydrogens is 440 g/mol. The van der Waals surface area contributed by atoms with Crippen molar-refractivity contribution in [1.29, 1.82) is 0 Å². The van der Waals surface area contributed by atoms with Gasteiger partial charge < -0.3 is 20.4 Å². The van der Waals surface area contributed by atoms with Crippen molar-refractivity contribution in [2.24, 2.45) is 0 Å². The number of likely N-dealkylation sites (N-methyl/N-ethyl adjacent to an activating group) is 2. The number of nitrogens with zero attached hydrogens (tertiary/aromatic N) is 6. The van der Waals surface area contributed by atoms with Crippen LogP contribution >= 0.6 is 0 Å². The normalized spacial score (nSPS) is 11.0. The van der Waals surface area contributed by atoms with Gasteiger partial charge in [0.15, 0.2) is 0 Å². The largest absolute Gasteiger partial charge is 0.372 e. The maximum Gasteiger partial charge on any atom is 0.247 e. The first kappa shape index (κ1) is 23.9. The Kier molecular flexibility index (Phi) is 7.07. The van der Waals surface area contributed by atoms with E-state index in [1.165, 1.54) is 6.08 Å². The van der Waals surface area contributed by atoms with Gasteiger partial charge in [0.05, 0.1) is 11.4 Å². The van der Waals surface area contributed by atoms with E-state index in [2.05, 4.69) is 37.0 Å². The highest BCUT2D eigenvalue weighted by atomic mass is 16.1. The van der Waals surface area contributed by atoms with Gasteiger partial charge in [-0.05, 0) is 69.1 Å². The molecule has 35 heavy (non-hydrogen) atoms. The zero-order chi connectivity index (χ0) is 24.9. The standard InChI is InChI=1S/C26H30N8O/c1-6-24(35)29-21-17-20(18(2)16-22(21)33(5)15-14-32(3)4)30-26-28-12-9-23(31-26)34-13-10-19-8-7-11-27-25(19)34/h6-13,16-17H,1,14-15H2,2-5H3,(H,29,35)(H,28,30,31). The Morgan fingerprint density at radius 3 is 2.69 bits per heavy atom. The fourth-order valence-electron chi connectivity index (χ4n) is 3.71. The van der Waals surface area contributed by atoms with Crippen LogP contribution in [0.1, 0.15) is 5.56 Å². The van der Waals surface area contributed by atoms with Crippen molar-refractivity contribution < 1.29 is 4.79 Å². The number of aromatic nitrogens is 4. The second kappa shape index (κ2) is 10.4. The molecule has 4 rings (SSSR count). The Morgan fingerprint density at radius 1 is 1.09 bits per heavy atom. The van der Waals surface area contributed by atoms with Gasteiger partial charge in [-0.3, -0.25) is 9.36 Å². The lowest BCUT2D eigenvalue weighted by atomic mass is 10.1. The van der Waals surface area contributed by atoms with Crippen molar-refractivity contribution in [1.82, 2.24) is 24.4 Å². The maximum atomic E-state index is 12.2. The number of aryl methyl sites for hydroxylation is 1. The van der Waals surface area contributed by atoms with Crippen LogP contribution in [0.4, 0.5) is 23.0 Å². The molecule has 0 bridgehead atoms. The van der Waals surface area contributed by atoms with Gasteiger partial charge in [-0.2, -0.15) is 4.98 Å². The van der Waals surface area contributed by atoms with Crippen LogP contribution < -0.4 is 15.5 Å². The summed E-state index contributed by atoms with van der Waals surface area (Å²) in [5.41, 5.74) is 4.22. The molecule has 9 heteroatoms. The molecule has 0 fully saturated rings.